The molecule has 0 bridgehead atoms. The third-order valence-corrected chi connectivity index (χ3v) is 2.80. The number of benzene rings is 1. The van der Waals surface area contributed by atoms with Crippen LogP contribution in [0.4, 0.5) is 26.3 Å². The Morgan fingerprint density at radius 2 is 1.25 bits per heavy atom. The van der Waals surface area contributed by atoms with E-state index in [1.165, 1.54) is 7.11 Å². The molecule has 1 aromatic carbocycles. The molecular formula is C13H14F6O. The average molecular weight is 300 g/mol. The van der Waals surface area contributed by atoms with E-state index in [0.29, 0.717) is 12.1 Å². The maximum absolute atomic E-state index is 12.7. The highest BCUT2D eigenvalue weighted by Crippen LogP contribution is 2.38. The van der Waals surface area contributed by atoms with Crippen LogP contribution < -0.4 is 0 Å². The van der Waals surface area contributed by atoms with Gasteiger partial charge in [-0.15, -0.1) is 0 Å². The van der Waals surface area contributed by atoms with Crippen LogP contribution >= 0.6 is 0 Å². The van der Waals surface area contributed by atoms with Gasteiger partial charge in [-0.2, -0.15) is 26.3 Å². The monoisotopic (exact) mass is 300 g/mol. The standard InChI is InChI=1S/C13H14F6O/c1-7(2)11(20-3)8-4-9(12(14,15)16)6-10(5-8)13(17,18)19/h4-7,11H,1-3H3/t11-/m0/s1. The molecular weight excluding hydrogens is 286 g/mol. The molecule has 0 aliphatic rings. The molecule has 0 amide bonds. The van der Waals surface area contributed by atoms with Crippen molar-refractivity contribution in [3.63, 3.8) is 0 Å². The Morgan fingerprint density at radius 3 is 1.50 bits per heavy atom. The van der Waals surface area contributed by atoms with Gasteiger partial charge in [0.2, 0.25) is 0 Å². The number of rotatable bonds is 3. The number of methoxy groups -OCH3 is 1. The maximum atomic E-state index is 12.7. The SMILES string of the molecule is CO[C@H](c1cc(C(F)(F)F)cc(C(F)(F)F)c1)C(C)C. The fraction of sp³-hybridized carbons (Fsp3) is 0.538. The molecule has 0 aliphatic heterocycles. The van der Waals surface area contributed by atoms with Gasteiger partial charge in [-0.1, -0.05) is 13.8 Å². The van der Waals surface area contributed by atoms with Crippen LogP contribution in [-0.4, -0.2) is 7.11 Å². The summed E-state index contributed by atoms with van der Waals surface area (Å²) in [5.41, 5.74) is -2.79. The van der Waals surface area contributed by atoms with Gasteiger partial charge in [0.1, 0.15) is 0 Å². The lowest BCUT2D eigenvalue weighted by molar-refractivity contribution is -0.143. The van der Waals surface area contributed by atoms with E-state index in [1.54, 1.807) is 13.8 Å². The third kappa shape index (κ3) is 3.88. The average Bonchev–Trinajstić information content (AvgIpc) is 2.26. The first-order valence-corrected chi connectivity index (χ1v) is 5.79. The molecule has 0 N–H and O–H groups in total. The summed E-state index contributed by atoms with van der Waals surface area (Å²) in [6.45, 7) is 3.31. The van der Waals surface area contributed by atoms with E-state index in [-0.39, 0.29) is 17.5 Å². The van der Waals surface area contributed by atoms with Crippen molar-refractivity contribution in [2.24, 2.45) is 5.92 Å². The first-order chi connectivity index (χ1) is 8.96. The van der Waals surface area contributed by atoms with Crippen molar-refractivity contribution in [1.29, 1.82) is 0 Å². The number of hydrogen-bond donors (Lipinski definition) is 0. The predicted octanol–water partition coefficient (Wildman–Crippen LogP) is 5.07. The smallest absolute Gasteiger partial charge is 0.376 e. The summed E-state index contributed by atoms with van der Waals surface area (Å²) in [4.78, 5) is 0. The van der Waals surface area contributed by atoms with Gasteiger partial charge in [-0.3, -0.25) is 0 Å². The van der Waals surface area contributed by atoms with Crippen LogP contribution in [0.1, 0.15) is 36.6 Å². The lowest BCUT2D eigenvalue weighted by Gasteiger charge is -2.22. The summed E-state index contributed by atoms with van der Waals surface area (Å²) in [6, 6.07) is 1.50. The van der Waals surface area contributed by atoms with E-state index < -0.39 is 29.6 Å². The highest BCUT2D eigenvalue weighted by Gasteiger charge is 2.37. The van der Waals surface area contributed by atoms with Crippen LogP contribution in [-0.2, 0) is 17.1 Å². The van der Waals surface area contributed by atoms with E-state index in [0.717, 1.165) is 0 Å². The Hall–Kier alpha value is -1.24. The molecule has 0 saturated heterocycles. The van der Waals surface area contributed by atoms with Crippen LogP contribution in [0.3, 0.4) is 0 Å². The molecule has 0 saturated carbocycles. The quantitative estimate of drug-likeness (QED) is 0.708. The first-order valence-electron chi connectivity index (χ1n) is 5.79. The van der Waals surface area contributed by atoms with Crippen molar-refractivity contribution in [3.8, 4) is 0 Å². The van der Waals surface area contributed by atoms with Crippen molar-refractivity contribution < 1.29 is 31.1 Å². The molecule has 0 spiro atoms. The van der Waals surface area contributed by atoms with Crippen LogP contribution in [0.25, 0.3) is 0 Å². The highest BCUT2D eigenvalue weighted by atomic mass is 19.4. The van der Waals surface area contributed by atoms with Gasteiger partial charge >= 0.3 is 12.4 Å². The Balaban J connectivity index is 3.45. The summed E-state index contributed by atoms with van der Waals surface area (Å²) >= 11 is 0. The van der Waals surface area contributed by atoms with Crippen LogP contribution in [0.5, 0.6) is 0 Å². The fourth-order valence-corrected chi connectivity index (χ4v) is 1.94. The largest absolute Gasteiger partial charge is 0.416 e. The molecule has 0 heterocycles. The van der Waals surface area contributed by atoms with Crippen molar-refractivity contribution in [2.75, 3.05) is 7.11 Å². The number of halogens is 6. The third-order valence-electron chi connectivity index (χ3n) is 2.80. The zero-order valence-corrected chi connectivity index (χ0v) is 11.1. The van der Waals surface area contributed by atoms with Crippen LogP contribution in [0.2, 0.25) is 0 Å². The number of hydrogen-bond acceptors (Lipinski definition) is 1. The topological polar surface area (TPSA) is 9.23 Å². The molecule has 1 atom stereocenters. The van der Waals surface area contributed by atoms with E-state index in [4.69, 9.17) is 4.74 Å². The summed E-state index contributed by atoms with van der Waals surface area (Å²) in [5, 5.41) is 0. The molecule has 1 nitrogen and oxygen atoms in total. The molecule has 0 radical (unpaired) electrons. The lowest BCUT2D eigenvalue weighted by atomic mass is 9.95. The molecule has 1 rings (SSSR count). The second kappa shape index (κ2) is 5.63. The minimum absolute atomic E-state index is 0.108. The van der Waals surface area contributed by atoms with E-state index in [2.05, 4.69) is 0 Å². The lowest BCUT2D eigenvalue weighted by Crippen LogP contribution is -2.15. The molecule has 0 aromatic heterocycles. The molecule has 114 valence electrons. The Labute approximate surface area is 112 Å². The minimum Gasteiger partial charge on any atom is -0.376 e. The molecule has 20 heavy (non-hydrogen) atoms. The minimum atomic E-state index is -4.84. The van der Waals surface area contributed by atoms with Gasteiger partial charge in [-0.25, -0.2) is 0 Å². The zero-order valence-electron chi connectivity index (χ0n) is 11.1. The molecule has 0 unspecified atom stereocenters. The van der Waals surface area contributed by atoms with Gasteiger partial charge < -0.3 is 4.74 Å². The Morgan fingerprint density at radius 1 is 0.850 bits per heavy atom. The molecule has 7 heteroatoms. The number of alkyl halides is 6. The second-order valence-electron chi connectivity index (χ2n) is 4.74. The Bertz CT molecular complexity index is 429. The summed E-state index contributed by atoms with van der Waals surface area (Å²) < 4.78 is 81.2. The van der Waals surface area contributed by atoms with Crippen LogP contribution in [0.15, 0.2) is 18.2 Å². The van der Waals surface area contributed by atoms with E-state index >= 15 is 0 Å². The highest BCUT2D eigenvalue weighted by molar-refractivity contribution is 5.35. The molecule has 0 fully saturated rings. The maximum Gasteiger partial charge on any atom is 0.416 e. The van der Waals surface area contributed by atoms with E-state index in [9.17, 15) is 26.3 Å². The zero-order chi connectivity index (χ0) is 15.7. The van der Waals surface area contributed by atoms with Gasteiger partial charge in [0, 0.05) is 7.11 Å². The predicted molar refractivity (Wildman–Crippen MR) is 61.0 cm³/mol. The van der Waals surface area contributed by atoms with Gasteiger partial charge in [0.25, 0.3) is 0 Å². The molecule has 1 aromatic rings. The van der Waals surface area contributed by atoms with Crippen molar-refractivity contribution in [1.82, 2.24) is 0 Å². The summed E-state index contributed by atoms with van der Waals surface area (Å²) in [6.07, 6.45) is -10.5. The first kappa shape index (κ1) is 16.8. The van der Waals surface area contributed by atoms with Crippen molar-refractivity contribution >= 4 is 0 Å². The summed E-state index contributed by atoms with van der Waals surface area (Å²) in [7, 11) is 1.25. The normalized spacial score (nSPS) is 14.7. The molecule has 0 aliphatic carbocycles. The van der Waals surface area contributed by atoms with Gasteiger partial charge in [0.05, 0.1) is 17.2 Å². The van der Waals surface area contributed by atoms with Crippen molar-refractivity contribution in [2.45, 2.75) is 32.3 Å². The summed E-state index contributed by atoms with van der Waals surface area (Å²) in [5.74, 6) is -0.260. The van der Waals surface area contributed by atoms with E-state index in [1.807, 2.05) is 0 Å². The second-order valence-corrected chi connectivity index (χ2v) is 4.74. The van der Waals surface area contributed by atoms with Crippen molar-refractivity contribution in [3.05, 3.63) is 34.9 Å². The van der Waals surface area contributed by atoms with Gasteiger partial charge in [0.15, 0.2) is 0 Å². The van der Waals surface area contributed by atoms with Gasteiger partial charge in [-0.05, 0) is 29.7 Å². The number of ether oxygens (including phenoxy) is 1. The Kier molecular flexibility index (Phi) is 4.74. The van der Waals surface area contributed by atoms with Crippen LogP contribution in [0, 0.1) is 5.92 Å². The fourth-order valence-electron chi connectivity index (χ4n) is 1.94.